The van der Waals surface area contributed by atoms with Gasteiger partial charge in [0, 0.05) is 52.1 Å². The van der Waals surface area contributed by atoms with Gasteiger partial charge < -0.3 is 25.2 Å². The van der Waals surface area contributed by atoms with Gasteiger partial charge in [0.25, 0.3) is 0 Å². The molecule has 0 amide bonds. The van der Waals surface area contributed by atoms with E-state index in [0.29, 0.717) is 17.7 Å². The maximum Gasteiger partial charge on any atom is 0.191 e. The van der Waals surface area contributed by atoms with Gasteiger partial charge in [-0.15, -0.1) is 24.0 Å². The lowest BCUT2D eigenvalue weighted by Gasteiger charge is -2.23. The van der Waals surface area contributed by atoms with E-state index in [9.17, 15) is 0 Å². The molecule has 2 N–H and O–H groups in total. The molecule has 2 unspecified atom stereocenters. The molecule has 1 saturated heterocycles. The Bertz CT molecular complexity index is 604. The largest absolute Gasteiger partial charge is 0.377 e. The monoisotopic (exact) mass is 524 g/mol. The standard InChI is InChI=1S/C19H33ClN6O.HI/c1-5-27-16(9-11-25(3)4)13-23-19(21-2)24-15-8-12-26(14-15)18-17(20)7-6-10-22-18;/h6-7,10,15-16H,5,8-9,11-14H2,1-4H3,(H2,21,23,24);1H. The average molecular weight is 525 g/mol. The van der Waals surface area contributed by atoms with E-state index in [0.717, 1.165) is 50.8 Å². The van der Waals surface area contributed by atoms with Crippen molar-refractivity contribution < 1.29 is 4.74 Å². The number of hydrogen-bond donors (Lipinski definition) is 2. The summed E-state index contributed by atoms with van der Waals surface area (Å²) < 4.78 is 5.84. The zero-order valence-corrected chi connectivity index (χ0v) is 20.4. The molecule has 28 heavy (non-hydrogen) atoms. The van der Waals surface area contributed by atoms with Crippen LogP contribution in [0.15, 0.2) is 23.3 Å². The third kappa shape index (κ3) is 8.26. The smallest absolute Gasteiger partial charge is 0.191 e. The molecule has 0 saturated carbocycles. The molecule has 1 aromatic rings. The molecular formula is C19H34ClIN6O. The number of hydrogen-bond acceptors (Lipinski definition) is 5. The summed E-state index contributed by atoms with van der Waals surface area (Å²) >= 11 is 6.27. The molecular weight excluding hydrogens is 491 g/mol. The fourth-order valence-electron chi connectivity index (χ4n) is 3.16. The van der Waals surface area contributed by atoms with Crippen molar-refractivity contribution in [2.24, 2.45) is 4.99 Å². The third-order valence-corrected chi connectivity index (χ3v) is 4.88. The molecule has 1 aromatic heterocycles. The number of aromatic nitrogens is 1. The lowest BCUT2D eigenvalue weighted by molar-refractivity contribution is 0.0548. The highest BCUT2D eigenvalue weighted by atomic mass is 127. The number of aliphatic imine (C=N–C) groups is 1. The summed E-state index contributed by atoms with van der Waals surface area (Å²) in [5, 5.41) is 7.61. The van der Waals surface area contributed by atoms with Crippen molar-refractivity contribution in [3.63, 3.8) is 0 Å². The maximum absolute atomic E-state index is 6.27. The van der Waals surface area contributed by atoms with Gasteiger partial charge >= 0.3 is 0 Å². The van der Waals surface area contributed by atoms with Crippen LogP contribution < -0.4 is 15.5 Å². The quantitative estimate of drug-likeness (QED) is 0.294. The topological polar surface area (TPSA) is 65.0 Å². The van der Waals surface area contributed by atoms with Crippen LogP contribution in [0.1, 0.15) is 19.8 Å². The molecule has 0 aliphatic carbocycles. The molecule has 2 rings (SSSR count). The lowest BCUT2D eigenvalue weighted by Crippen LogP contribution is -2.47. The van der Waals surface area contributed by atoms with Crippen LogP contribution in [0.4, 0.5) is 5.82 Å². The Balaban J connectivity index is 0.00000392. The van der Waals surface area contributed by atoms with Crippen LogP contribution in [-0.2, 0) is 4.74 Å². The SMILES string of the molecule is CCOC(CCN(C)C)CNC(=NC)NC1CCN(c2ncccc2Cl)C1.I. The van der Waals surface area contributed by atoms with Crippen LogP contribution in [0.2, 0.25) is 5.02 Å². The van der Waals surface area contributed by atoms with E-state index >= 15 is 0 Å². The van der Waals surface area contributed by atoms with Crippen molar-refractivity contribution in [2.75, 3.05) is 58.8 Å². The predicted molar refractivity (Wildman–Crippen MR) is 128 cm³/mol. The summed E-state index contributed by atoms with van der Waals surface area (Å²) in [6.07, 6.45) is 3.95. The second-order valence-corrected chi connectivity index (χ2v) is 7.41. The van der Waals surface area contributed by atoms with E-state index in [-0.39, 0.29) is 30.1 Å². The molecule has 7 nitrogen and oxygen atoms in total. The third-order valence-electron chi connectivity index (χ3n) is 4.59. The van der Waals surface area contributed by atoms with Crippen molar-refractivity contribution in [3.05, 3.63) is 23.4 Å². The Kier molecular flexibility index (Phi) is 12.1. The number of guanidine groups is 1. The summed E-state index contributed by atoms with van der Waals surface area (Å²) in [5.41, 5.74) is 0. The van der Waals surface area contributed by atoms with Crippen LogP contribution >= 0.6 is 35.6 Å². The Morgan fingerprint density at radius 2 is 2.29 bits per heavy atom. The highest BCUT2D eigenvalue weighted by Crippen LogP contribution is 2.25. The zero-order chi connectivity index (χ0) is 19.6. The second-order valence-electron chi connectivity index (χ2n) is 7.01. The van der Waals surface area contributed by atoms with Gasteiger partial charge in [-0.05, 0) is 46.0 Å². The molecule has 1 aliphatic rings. The van der Waals surface area contributed by atoms with Crippen molar-refractivity contribution in [1.29, 1.82) is 0 Å². The summed E-state index contributed by atoms with van der Waals surface area (Å²) in [6.45, 7) is 6.27. The van der Waals surface area contributed by atoms with Gasteiger partial charge in [0.15, 0.2) is 5.96 Å². The van der Waals surface area contributed by atoms with Gasteiger partial charge in [-0.3, -0.25) is 4.99 Å². The van der Waals surface area contributed by atoms with Crippen molar-refractivity contribution in [1.82, 2.24) is 20.5 Å². The molecule has 2 heterocycles. The van der Waals surface area contributed by atoms with Gasteiger partial charge in [0.05, 0.1) is 11.1 Å². The van der Waals surface area contributed by atoms with Crippen molar-refractivity contribution >= 4 is 47.4 Å². The van der Waals surface area contributed by atoms with E-state index in [1.807, 2.05) is 19.1 Å². The fourth-order valence-corrected chi connectivity index (χ4v) is 3.40. The highest BCUT2D eigenvalue weighted by molar-refractivity contribution is 14.0. The van der Waals surface area contributed by atoms with Crippen LogP contribution in [0.5, 0.6) is 0 Å². The minimum Gasteiger partial charge on any atom is -0.377 e. The summed E-state index contributed by atoms with van der Waals surface area (Å²) in [6, 6.07) is 4.04. The Hall–Kier alpha value is -0.840. The van der Waals surface area contributed by atoms with E-state index in [4.69, 9.17) is 16.3 Å². The highest BCUT2D eigenvalue weighted by Gasteiger charge is 2.25. The molecule has 0 aromatic carbocycles. The van der Waals surface area contributed by atoms with Crippen LogP contribution in [0, 0.1) is 0 Å². The van der Waals surface area contributed by atoms with Gasteiger partial charge in [0.1, 0.15) is 5.82 Å². The normalized spacial score (nSPS) is 18.1. The first kappa shape index (κ1) is 25.2. The first-order valence-electron chi connectivity index (χ1n) is 9.62. The van der Waals surface area contributed by atoms with Gasteiger partial charge in [-0.25, -0.2) is 4.98 Å². The summed E-state index contributed by atoms with van der Waals surface area (Å²) in [7, 11) is 5.96. The fraction of sp³-hybridized carbons (Fsp3) is 0.684. The van der Waals surface area contributed by atoms with Crippen LogP contribution in [0.3, 0.4) is 0 Å². The van der Waals surface area contributed by atoms with Crippen molar-refractivity contribution in [2.45, 2.75) is 31.9 Å². The number of pyridine rings is 1. The Labute approximate surface area is 191 Å². The number of halogens is 2. The minimum absolute atomic E-state index is 0. The van der Waals surface area contributed by atoms with Gasteiger partial charge in [0.2, 0.25) is 0 Å². The predicted octanol–water partition coefficient (Wildman–Crippen LogP) is 2.45. The van der Waals surface area contributed by atoms with Gasteiger partial charge in [-0.1, -0.05) is 11.6 Å². The molecule has 0 radical (unpaired) electrons. The minimum atomic E-state index is 0. The average Bonchev–Trinajstić information content (AvgIpc) is 3.11. The Morgan fingerprint density at radius 3 is 2.93 bits per heavy atom. The van der Waals surface area contributed by atoms with E-state index in [2.05, 4.69) is 44.5 Å². The second kappa shape index (κ2) is 13.4. The van der Waals surface area contributed by atoms with E-state index in [1.54, 1.807) is 13.2 Å². The number of nitrogens with one attached hydrogen (secondary N) is 2. The molecule has 9 heteroatoms. The maximum atomic E-state index is 6.27. The Morgan fingerprint density at radius 1 is 1.50 bits per heavy atom. The number of rotatable bonds is 9. The van der Waals surface area contributed by atoms with E-state index < -0.39 is 0 Å². The zero-order valence-electron chi connectivity index (χ0n) is 17.3. The first-order valence-corrected chi connectivity index (χ1v) is 10.00. The van der Waals surface area contributed by atoms with Crippen LogP contribution in [-0.4, -0.2) is 81.9 Å². The molecule has 1 fully saturated rings. The van der Waals surface area contributed by atoms with E-state index in [1.165, 1.54) is 0 Å². The lowest BCUT2D eigenvalue weighted by atomic mass is 10.2. The van der Waals surface area contributed by atoms with Gasteiger partial charge in [-0.2, -0.15) is 0 Å². The molecule has 0 bridgehead atoms. The van der Waals surface area contributed by atoms with Crippen LogP contribution in [0.25, 0.3) is 0 Å². The molecule has 1 aliphatic heterocycles. The van der Waals surface area contributed by atoms with Crippen molar-refractivity contribution in [3.8, 4) is 0 Å². The number of anilines is 1. The molecule has 160 valence electrons. The first-order chi connectivity index (χ1) is 13.0. The summed E-state index contributed by atoms with van der Waals surface area (Å²) in [4.78, 5) is 13.2. The number of nitrogens with zero attached hydrogens (tertiary/aromatic N) is 4. The molecule has 2 atom stereocenters. The summed E-state index contributed by atoms with van der Waals surface area (Å²) in [5.74, 6) is 1.66. The number of ether oxygens (including phenoxy) is 1. The molecule has 0 spiro atoms.